The minimum absolute atomic E-state index is 0.243. The van der Waals surface area contributed by atoms with Gasteiger partial charge in [-0.2, -0.15) is 0 Å². The molecular weight excluding hydrogens is 304 g/mol. The smallest absolute Gasteiger partial charge is 0.348 e. The monoisotopic (exact) mass is 322 g/mol. The molecule has 0 amide bonds. The van der Waals surface area contributed by atoms with Crippen LogP contribution in [0.2, 0.25) is 0 Å². The van der Waals surface area contributed by atoms with Gasteiger partial charge in [0, 0.05) is 0 Å². The predicted octanol–water partition coefficient (Wildman–Crippen LogP) is 4.41. The largest absolute Gasteiger partial charge is 0.424 e. The lowest BCUT2D eigenvalue weighted by atomic mass is 9.97. The lowest BCUT2D eigenvalue weighted by Crippen LogP contribution is -2.26. The average Bonchev–Trinajstić information content (AvgIpc) is 2.54. The van der Waals surface area contributed by atoms with Gasteiger partial charge in [0.15, 0.2) is 5.75 Å². The second kappa shape index (κ2) is 5.96. The van der Waals surface area contributed by atoms with Crippen LogP contribution < -0.4 is 10.4 Å². The number of benzene rings is 2. The molecule has 3 rings (SSSR count). The summed E-state index contributed by atoms with van der Waals surface area (Å²) < 4.78 is 11.1. The average molecular weight is 322 g/mol. The Morgan fingerprint density at radius 2 is 1.58 bits per heavy atom. The lowest BCUT2D eigenvalue weighted by Gasteiger charge is -2.18. The number of fused-ring (bicyclic) bond motifs is 1. The van der Waals surface area contributed by atoms with E-state index in [0.29, 0.717) is 16.5 Å². The van der Waals surface area contributed by atoms with Gasteiger partial charge in [0.2, 0.25) is 0 Å². The quantitative estimate of drug-likeness (QED) is 0.518. The van der Waals surface area contributed by atoms with E-state index in [1.54, 1.807) is 51.1 Å². The fraction of sp³-hybridized carbons (Fsp3) is 0.200. The highest BCUT2D eigenvalue weighted by molar-refractivity contribution is 5.93. The molecule has 0 spiro atoms. The summed E-state index contributed by atoms with van der Waals surface area (Å²) in [6.07, 6.45) is 0. The Labute approximate surface area is 139 Å². The van der Waals surface area contributed by atoms with Gasteiger partial charge in [0.1, 0.15) is 11.1 Å². The second-order valence-electron chi connectivity index (χ2n) is 6.60. The van der Waals surface area contributed by atoms with E-state index >= 15 is 0 Å². The molecule has 4 heteroatoms. The molecule has 0 fully saturated rings. The summed E-state index contributed by atoms with van der Waals surface area (Å²) in [5, 5.41) is 0.591. The first-order chi connectivity index (χ1) is 11.4. The molecule has 2 aromatic carbocycles. The Kier molecular flexibility index (Phi) is 3.97. The van der Waals surface area contributed by atoms with E-state index in [9.17, 15) is 9.59 Å². The van der Waals surface area contributed by atoms with E-state index in [2.05, 4.69) is 0 Å². The van der Waals surface area contributed by atoms with E-state index in [4.69, 9.17) is 9.15 Å². The molecule has 0 aliphatic rings. The summed E-state index contributed by atoms with van der Waals surface area (Å²) in [4.78, 5) is 24.9. The molecule has 0 saturated carbocycles. The topological polar surface area (TPSA) is 56.5 Å². The minimum atomic E-state index is -0.689. The van der Waals surface area contributed by atoms with E-state index < -0.39 is 17.0 Å². The number of carbonyl (C=O) groups excluding carboxylic acids is 1. The summed E-state index contributed by atoms with van der Waals surface area (Å²) in [7, 11) is 0. The minimum Gasteiger partial charge on any atom is -0.424 e. The van der Waals surface area contributed by atoms with Gasteiger partial charge in [-0.05, 0) is 38.5 Å². The summed E-state index contributed by atoms with van der Waals surface area (Å²) in [6.45, 7) is 5.31. The summed E-state index contributed by atoms with van der Waals surface area (Å²) in [6, 6.07) is 16.1. The van der Waals surface area contributed by atoms with Gasteiger partial charge in [-0.1, -0.05) is 42.5 Å². The molecule has 0 aliphatic heterocycles. The molecule has 4 nitrogen and oxygen atoms in total. The molecule has 0 saturated heterocycles. The van der Waals surface area contributed by atoms with Crippen LogP contribution in [-0.2, 0) is 4.79 Å². The van der Waals surface area contributed by atoms with Crippen molar-refractivity contribution >= 4 is 16.9 Å². The molecule has 0 atom stereocenters. The number of carbonyl (C=O) groups is 1. The molecule has 0 unspecified atom stereocenters. The molecule has 0 aliphatic carbocycles. The van der Waals surface area contributed by atoms with Crippen molar-refractivity contribution in [1.82, 2.24) is 0 Å². The Morgan fingerprint density at radius 1 is 0.958 bits per heavy atom. The SMILES string of the molecule is CC(C)(C)C(=O)Oc1c(-c2ccccc2)c(=O)oc2ccccc12. The molecular formula is C20H18O4. The van der Waals surface area contributed by atoms with Crippen molar-refractivity contribution in [3.05, 3.63) is 65.0 Å². The third-order valence-corrected chi connectivity index (χ3v) is 3.64. The highest BCUT2D eigenvalue weighted by atomic mass is 16.5. The van der Waals surface area contributed by atoms with Crippen molar-refractivity contribution in [2.24, 2.45) is 5.41 Å². The van der Waals surface area contributed by atoms with Crippen LogP contribution in [0.25, 0.3) is 22.1 Å². The third kappa shape index (κ3) is 2.95. The van der Waals surface area contributed by atoms with E-state index in [-0.39, 0.29) is 11.3 Å². The first-order valence-electron chi connectivity index (χ1n) is 7.71. The van der Waals surface area contributed by atoms with Gasteiger partial charge in [-0.25, -0.2) is 4.79 Å². The lowest BCUT2D eigenvalue weighted by molar-refractivity contribution is -0.142. The number of rotatable bonds is 2. The fourth-order valence-electron chi connectivity index (χ4n) is 2.33. The molecule has 24 heavy (non-hydrogen) atoms. The Balaban J connectivity index is 2.30. The molecule has 0 radical (unpaired) electrons. The molecule has 3 aromatic rings. The van der Waals surface area contributed by atoms with Gasteiger partial charge >= 0.3 is 11.6 Å². The summed E-state index contributed by atoms with van der Waals surface area (Å²) >= 11 is 0. The maximum atomic E-state index is 12.5. The second-order valence-corrected chi connectivity index (χ2v) is 6.60. The van der Waals surface area contributed by atoms with Crippen LogP contribution in [0.1, 0.15) is 20.8 Å². The normalized spacial score (nSPS) is 11.5. The van der Waals surface area contributed by atoms with Crippen LogP contribution in [0.5, 0.6) is 5.75 Å². The zero-order valence-electron chi connectivity index (χ0n) is 13.8. The first kappa shape index (κ1) is 16.0. The van der Waals surface area contributed by atoms with Crippen LogP contribution in [0, 0.1) is 5.41 Å². The van der Waals surface area contributed by atoms with Gasteiger partial charge in [-0.15, -0.1) is 0 Å². The Morgan fingerprint density at radius 3 is 2.25 bits per heavy atom. The number of para-hydroxylation sites is 1. The van der Waals surface area contributed by atoms with Crippen LogP contribution >= 0.6 is 0 Å². The maximum Gasteiger partial charge on any atom is 0.348 e. The molecule has 1 aromatic heterocycles. The maximum absolute atomic E-state index is 12.5. The zero-order chi connectivity index (χ0) is 17.3. The fourth-order valence-corrected chi connectivity index (χ4v) is 2.33. The highest BCUT2D eigenvalue weighted by Gasteiger charge is 2.27. The van der Waals surface area contributed by atoms with Crippen molar-refractivity contribution in [1.29, 1.82) is 0 Å². The van der Waals surface area contributed by atoms with Gasteiger partial charge in [-0.3, -0.25) is 4.79 Å². The van der Waals surface area contributed by atoms with Crippen molar-refractivity contribution in [2.75, 3.05) is 0 Å². The van der Waals surface area contributed by atoms with Crippen LogP contribution in [0.15, 0.2) is 63.8 Å². The number of hydrogen-bond acceptors (Lipinski definition) is 4. The number of ether oxygens (including phenoxy) is 1. The van der Waals surface area contributed by atoms with Gasteiger partial charge in [0.25, 0.3) is 0 Å². The van der Waals surface area contributed by atoms with Crippen molar-refractivity contribution in [2.45, 2.75) is 20.8 Å². The number of hydrogen-bond donors (Lipinski definition) is 0. The predicted molar refractivity (Wildman–Crippen MR) is 93.0 cm³/mol. The molecule has 0 bridgehead atoms. The van der Waals surface area contributed by atoms with Crippen LogP contribution in [-0.4, -0.2) is 5.97 Å². The van der Waals surface area contributed by atoms with Gasteiger partial charge < -0.3 is 9.15 Å². The van der Waals surface area contributed by atoms with Gasteiger partial charge in [0.05, 0.1) is 10.8 Å². The van der Waals surface area contributed by atoms with Crippen molar-refractivity contribution in [3.63, 3.8) is 0 Å². The Bertz CT molecular complexity index is 947. The first-order valence-corrected chi connectivity index (χ1v) is 7.71. The summed E-state index contributed by atoms with van der Waals surface area (Å²) in [5.74, 6) is -0.164. The zero-order valence-corrected chi connectivity index (χ0v) is 13.8. The Hall–Kier alpha value is -2.88. The molecule has 0 N–H and O–H groups in total. The third-order valence-electron chi connectivity index (χ3n) is 3.64. The standard InChI is InChI=1S/C20H18O4/c1-20(2,3)19(22)24-17-14-11-7-8-12-15(14)23-18(21)16(17)13-9-5-4-6-10-13/h4-12H,1-3H3. The van der Waals surface area contributed by atoms with Crippen molar-refractivity contribution < 1.29 is 13.9 Å². The van der Waals surface area contributed by atoms with Crippen LogP contribution in [0.4, 0.5) is 0 Å². The van der Waals surface area contributed by atoms with Crippen LogP contribution in [0.3, 0.4) is 0 Å². The van der Waals surface area contributed by atoms with E-state index in [1.807, 2.05) is 24.3 Å². The highest BCUT2D eigenvalue weighted by Crippen LogP contribution is 2.35. The summed E-state index contributed by atoms with van der Waals surface area (Å²) in [5.41, 5.74) is 0.0709. The van der Waals surface area contributed by atoms with Crippen molar-refractivity contribution in [3.8, 4) is 16.9 Å². The molecule has 122 valence electrons. The number of esters is 1. The van der Waals surface area contributed by atoms with E-state index in [1.165, 1.54) is 0 Å². The van der Waals surface area contributed by atoms with E-state index in [0.717, 1.165) is 0 Å². The molecule has 1 heterocycles.